The Morgan fingerprint density at radius 2 is 1.96 bits per heavy atom. The number of aryl methyl sites for hydroxylation is 2. The average Bonchev–Trinajstić information content (AvgIpc) is 2.50. The highest BCUT2D eigenvalue weighted by molar-refractivity contribution is 7.89. The van der Waals surface area contributed by atoms with Gasteiger partial charge in [-0.25, -0.2) is 13.1 Å². The lowest BCUT2D eigenvalue weighted by Gasteiger charge is -2.15. The minimum atomic E-state index is -3.71. The topological polar surface area (TPSA) is 88.4 Å². The normalized spacial score (nSPS) is 13.0. The summed E-state index contributed by atoms with van der Waals surface area (Å²) >= 11 is 0. The van der Waals surface area contributed by atoms with Gasteiger partial charge in [0.1, 0.15) is 0 Å². The Morgan fingerprint density at radius 1 is 1.22 bits per heavy atom. The van der Waals surface area contributed by atoms with Crippen molar-refractivity contribution in [3.8, 4) is 0 Å². The molecule has 1 aromatic carbocycles. The van der Waals surface area contributed by atoms with Gasteiger partial charge in [-0.2, -0.15) is 0 Å². The number of aromatic nitrogens is 1. The van der Waals surface area contributed by atoms with Crippen LogP contribution in [0.4, 0.5) is 0 Å². The van der Waals surface area contributed by atoms with Gasteiger partial charge in [0, 0.05) is 18.8 Å². The molecule has 1 atom stereocenters. The first-order chi connectivity index (χ1) is 10.8. The van der Waals surface area contributed by atoms with E-state index in [1.807, 2.05) is 13.0 Å². The van der Waals surface area contributed by atoms with Gasteiger partial charge in [-0.1, -0.05) is 18.2 Å². The van der Waals surface area contributed by atoms with Crippen molar-refractivity contribution in [1.29, 1.82) is 0 Å². The van der Waals surface area contributed by atoms with Crippen LogP contribution in [0, 0.1) is 13.8 Å². The lowest BCUT2D eigenvalue weighted by molar-refractivity contribution is 0.156. The highest BCUT2D eigenvalue weighted by Crippen LogP contribution is 2.16. The lowest BCUT2D eigenvalue weighted by Crippen LogP contribution is -2.36. The first kappa shape index (κ1) is 17.4. The molecule has 0 amide bonds. The van der Waals surface area contributed by atoms with Crippen LogP contribution in [0.1, 0.15) is 11.1 Å². The largest absolute Gasteiger partial charge is 0.390 e. The Labute approximate surface area is 135 Å². The Bertz CT molecular complexity index is 843. The lowest BCUT2D eigenvalue weighted by atomic mass is 10.2. The number of aliphatic hydroxyl groups is 1. The molecule has 1 unspecified atom stereocenters. The molecule has 23 heavy (non-hydrogen) atoms. The Morgan fingerprint density at radius 3 is 2.65 bits per heavy atom. The summed E-state index contributed by atoms with van der Waals surface area (Å²) in [5.41, 5.74) is 1.23. The summed E-state index contributed by atoms with van der Waals surface area (Å²) in [4.78, 5) is 11.8. The third-order valence-electron chi connectivity index (χ3n) is 3.45. The van der Waals surface area contributed by atoms with Crippen molar-refractivity contribution < 1.29 is 13.5 Å². The van der Waals surface area contributed by atoms with Crippen molar-refractivity contribution in [3.05, 3.63) is 64.1 Å². The van der Waals surface area contributed by atoms with E-state index >= 15 is 0 Å². The molecular formula is C16H20N2O4S. The summed E-state index contributed by atoms with van der Waals surface area (Å²) in [6, 6.07) is 9.83. The summed E-state index contributed by atoms with van der Waals surface area (Å²) in [7, 11) is -3.71. The molecule has 0 saturated heterocycles. The number of benzene rings is 1. The summed E-state index contributed by atoms with van der Waals surface area (Å²) in [6.45, 7) is 3.38. The summed E-state index contributed by atoms with van der Waals surface area (Å²) in [5, 5.41) is 9.97. The van der Waals surface area contributed by atoms with Gasteiger partial charge in [0.05, 0.1) is 17.5 Å². The van der Waals surface area contributed by atoms with Gasteiger partial charge in [-0.3, -0.25) is 4.79 Å². The molecule has 2 rings (SSSR count). The quantitative estimate of drug-likeness (QED) is 0.817. The van der Waals surface area contributed by atoms with Crippen LogP contribution in [-0.4, -0.2) is 30.7 Å². The molecule has 0 saturated carbocycles. The van der Waals surface area contributed by atoms with E-state index in [0.717, 1.165) is 5.56 Å². The highest BCUT2D eigenvalue weighted by Gasteiger charge is 2.18. The molecular weight excluding hydrogens is 316 g/mol. The molecule has 0 aliphatic heterocycles. The van der Waals surface area contributed by atoms with Gasteiger partial charge in [0.2, 0.25) is 10.0 Å². The van der Waals surface area contributed by atoms with Crippen LogP contribution in [0.25, 0.3) is 0 Å². The van der Waals surface area contributed by atoms with Crippen LogP contribution in [0.15, 0.2) is 52.3 Å². The van der Waals surface area contributed by atoms with E-state index in [2.05, 4.69) is 4.72 Å². The molecule has 0 spiro atoms. The van der Waals surface area contributed by atoms with Gasteiger partial charge >= 0.3 is 0 Å². The average molecular weight is 336 g/mol. The van der Waals surface area contributed by atoms with Crippen molar-refractivity contribution in [2.45, 2.75) is 31.4 Å². The molecule has 2 N–H and O–H groups in total. The second kappa shape index (κ2) is 7.08. The third-order valence-corrected chi connectivity index (χ3v) is 5.01. The SMILES string of the molecule is Cc1ccc(C)c(S(=O)(=O)NCC(O)Cn2ccccc2=O)c1. The Kier molecular flexibility index (Phi) is 5.35. The van der Waals surface area contributed by atoms with Crippen molar-refractivity contribution in [3.63, 3.8) is 0 Å². The molecule has 1 heterocycles. The van der Waals surface area contributed by atoms with Crippen LogP contribution in [0.3, 0.4) is 0 Å². The minimum absolute atomic E-state index is 0.0228. The van der Waals surface area contributed by atoms with Crippen molar-refractivity contribution >= 4 is 10.0 Å². The van der Waals surface area contributed by atoms with Crippen LogP contribution in [0.5, 0.6) is 0 Å². The van der Waals surface area contributed by atoms with Crippen LogP contribution < -0.4 is 10.3 Å². The fourth-order valence-corrected chi connectivity index (χ4v) is 3.58. The van der Waals surface area contributed by atoms with E-state index in [-0.39, 0.29) is 23.5 Å². The predicted octanol–water partition coefficient (Wildman–Crippen LogP) is 0.805. The minimum Gasteiger partial charge on any atom is -0.390 e. The predicted molar refractivity (Wildman–Crippen MR) is 87.8 cm³/mol. The summed E-state index contributed by atoms with van der Waals surface area (Å²) < 4.78 is 28.4. The number of aliphatic hydroxyl groups excluding tert-OH is 1. The zero-order chi connectivity index (χ0) is 17.0. The molecule has 0 aliphatic carbocycles. The fourth-order valence-electron chi connectivity index (χ4n) is 2.18. The number of nitrogens with one attached hydrogen (secondary N) is 1. The molecule has 0 aliphatic rings. The van der Waals surface area contributed by atoms with Crippen molar-refractivity contribution in [1.82, 2.24) is 9.29 Å². The highest BCUT2D eigenvalue weighted by atomic mass is 32.2. The standard InChI is InChI=1S/C16H20N2O4S/c1-12-6-7-13(2)15(9-12)23(21,22)17-10-14(19)11-18-8-4-3-5-16(18)20/h3-9,14,17,19H,10-11H2,1-2H3. The Hall–Kier alpha value is -1.96. The smallest absolute Gasteiger partial charge is 0.250 e. The monoisotopic (exact) mass is 336 g/mol. The van der Waals surface area contributed by atoms with Gasteiger partial charge in [-0.05, 0) is 37.1 Å². The second-order valence-corrected chi connectivity index (χ2v) is 7.20. The number of hydrogen-bond acceptors (Lipinski definition) is 4. The first-order valence-corrected chi connectivity index (χ1v) is 8.68. The maximum absolute atomic E-state index is 12.3. The molecule has 2 aromatic rings. The molecule has 1 aromatic heterocycles. The molecule has 124 valence electrons. The molecule has 0 bridgehead atoms. The van der Waals surface area contributed by atoms with Crippen molar-refractivity contribution in [2.75, 3.05) is 6.54 Å². The zero-order valence-electron chi connectivity index (χ0n) is 13.1. The number of nitrogens with zero attached hydrogens (tertiary/aromatic N) is 1. The number of hydrogen-bond donors (Lipinski definition) is 2. The third kappa shape index (κ3) is 4.51. The van der Waals surface area contributed by atoms with Crippen LogP contribution in [0.2, 0.25) is 0 Å². The maximum atomic E-state index is 12.3. The molecule has 0 radical (unpaired) electrons. The van der Waals surface area contributed by atoms with Gasteiger partial charge in [0.15, 0.2) is 0 Å². The van der Waals surface area contributed by atoms with E-state index in [1.165, 1.54) is 10.6 Å². The second-order valence-electron chi connectivity index (χ2n) is 5.47. The van der Waals surface area contributed by atoms with E-state index in [9.17, 15) is 18.3 Å². The van der Waals surface area contributed by atoms with Gasteiger partial charge in [0.25, 0.3) is 5.56 Å². The van der Waals surface area contributed by atoms with Crippen LogP contribution >= 0.6 is 0 Å². The maximum Gasteiger partial charge on any atom is 0.250 e. The van der Waals surface area contributed by atoms with E-state index in [1.54, 1.807) is 37.4 Å². The fraction of sp³-hybridized carbons (Fsp3) is 0.312. The Balaban J connectivity index is 2.06. The van der Waals surface area contributed by atoms with E-state index in [0.29, 0.717) is 5.56 Å². The molecule has 7 heteroatoms. The van der Waals surface area contributed by atoms with Gasteiger partial charge < -0.3 is 9.67 Å². The molecule has 0 fully saturated rings. The number of pyridine rings is 1. The van der Waals surface area contributed by atoms with Crippen LogP contribution in [-0.2, 0) is 16.6 Å². The van der Waals surface area contributed by atoms with E-state index in [4.69, 9.17) is 0 Å². The number of rotatable bonds is 6. The first-order valence-electron chi connectivity index (χ1n) is 7.20. The summed E-state index contributed by atoms with van der Waals surface area (Å²) in [6.07, 6.45) is 0.542. The summed E-state index contributed by atoms with van der Waals surface area (Å²) in [5.74, 6) is 0. The van der Waals surface area contributed by atoms with E-state index < -0.39 is 16.1 Å². The van der Waals surface area contributed by atoms with Crippen molar-refractivity contribution in [2.24, 2.45) is 0 Å². The number of sulfonamides is 1. The zero-order valence-corrected chi connectivity index (χ0v) is 13.9. The molecule has 6 nitrogen and oxygen atoms in total. The van der Waals surface area contributed by atoms with Gasteiger partial charge in [-0.15, -0.1) is 0 Å².